The molecule has 1 atom stereocenters. The van der Waals surface area contributed by atoms with Crippen LogP contribution in [-0.2, 0) is 17.8 Å². The van der Waals surface area contributed by atoms with Crippen LogP contribution in [-0.4, -0.2) is 15.6 Å². The summed E-state index contributed by atoms with van der Waals surface area (Å²) in [5.41, 5.74) is 2.04. The van der Waals surface area contributed by atoms with Crippen molar-refractivity contribution in [1.82, 2.24) is 9.78 Å². The fraction of sp³-hybridized carbons (Fsp3) is 0.500. The van der Waals surface area contributed by atoms with Crippen molar-refractivity contribution in [2.75, 3.05) is 0 Å². The van der Waals surface area contributed by atoms with E-state index in [1.54, 1.807) is 0 Å². The minimum atomic E-state index is 0.135. The molecule has 102 valence electrons. The standard InChI is InChI=1S/C16H22N2O/c1-4-8-12(3)16(19)11-14-13-9-6-7-10-15(13)18(5-2)17-14/h6-7,9-10,12H,4-5,8,11H2,1-3H3. The molecule has 19 heavy (non-hydrogen) atoms. The van der Waals surface area contributed by atoms with Gasteiger partial charge in [-0.25, -0.2) is 0 Å². The minimum absolute atomic E-state index is 0.135. The third-order valence-electron chi connectivity index (χ3n) is 3.65. The number of hydrogen-bond donors (Lipinski definition) is 0. The van der Waals surface area contributed by atoms with Crippen LogP contribution in [0.2, 0.25) is 0 Å². The van der Waals surface area contributed by atoms with Crippen LogP contribution in [0.1, 0.15) is 39.3 Å². The predicted octanol–water partition coefficient (Wildman–Crippen LogP) is 3.60. The SMILES string of the molecule is CCCC(C)C(=O)Cc1nn(CC)c2ccccc12. The van der Waals surface area contributed by atoms with E-state index in [1.807, 2.05) is 23.7 Å². The molecule has 2 aromatic rings. The van der Waals surface area contributed by atoms with Gasteiger partial charge in [-0.2, -0.15) is 5.10 Å². The van der Waals surface area contributed by atoms with Crippen molar-refractivity contribution in [3.05, 3.63) is 30.0 Å². The third kappa shape index (κ3) is 2.86. The average molecular weight is 258 g/mol. The van der Waals surface area contributed by atoms with Gasteiger partial charge in [0.05, 0.1) is 17.6 Å². The Morgan fingerprint density at radius 3 is 2.74 bits per heavy atom. The molecule has 0 N–H and O–H groups in total. The average Bonchev–Trinajstić information content (AvgIpc) is 2.77. The summed E-state index contributed by atoms with van der Waals surface area (Å²) in [5.74, 6) is 0.434. The topological polar surface area (TPSA) is 34.9 Å². The number of ketones is 1. The predicted molar refractivity (Wildman–Crippen MR) is 78.2 cm³/mol. The van der Waals surface area contributed by atoms with Gasteiger partial charge in [0, 0.05) is 17.8 Å². The molecule has 0 amide bonds. The highest BCUT2D eigenvalue weighted by Gasteiger charge is 2.17. The van der Waals surface area contributed by atoms with E-state index in [2.05, 4.69) is 31.1 Å². The number of benzene rings is 1. The zero-order valence-electron chi connectivity index (χ0n) is 12.0. The number of nitrogens with zero attached hydrogens (tertiary/aromatic N) is 2. The van der Waals surface area contributed by atoms with Crippen LogP contribution in [0, 0.1) is 5.92 Å². The number of hydrogen-bond acceptors (Lipinski definition) is 2. The van der Waals surface area contributed by atoms with Gasteiger partial charge in [0.25, 0.3) is 0 Å². The lowest BCUT2D eigenvalue weighted by Gasteiger charge is -2.07. The van der Waals surface area contributed by atoms with Crippen LogP contribution in [0.5, 0.6) is 0 Å². The Morgan fingerprint density at radius 1 is 1.32 bits per heavy atom. The number of carbonyl (C=O) groups is 1. The van der Waals surface area contributed by atoms with Crippen molar-refractivity contribution < 1.29 is 4.79 Å². The summed E-state index contributed by atoms with van der Waals surface area (Å²) in [7, 11) is 0. The van der Waals surface area contributed by atoms with E-state index in [0.717, 1.165) is 36.0 Å². The maximum absolute atomic E-state index is 12.2. The highest BCUT2D eigenvalue weighted by Crippen LogP contribution is 2.20. The Hall–Kier alpha value is -1.64. The van der Waals surface area contributed by atoms with Gasteiger partial charge < -0.3 is 0 Å². The van der Waals surface area contributed by atoms with Crippen LogP contribution in [0.15, 0.2) is 24.3 Å². The van der Waals surface area contributed by atoms with E-state index in [9.17, 15) is 4.79 Å². The molecule has 0 bridgehead atoms. The van der Waals surface area contributed by atoms with Crippen LogP contribution < -0.4 is 0 Å². The number of carbonyl (C=O) groups excluding carboxylic acids is 1. The molecule has 0 spiro atoms. The zero-order chi connectivity index (χ0) is 13.8. The Bertz CT molecular complexity index is 571. The van der Waals surface area contributed by atoms with Gasteiger partial charge in [-0.3, -0.25) is 9.48 Å². The molecular weight excluding hydrogens is 236 g/mol. The Labute approximate surface area is 114 Å². The number of aryl methyl sites for hydroxylation is 1. The summed E-state index contributed by atoms with van der Waals surface area (Å²) in [4.78, 5) is 12.2. The quantitative estimate of drug-likeness (QED) is 0.793. The van der Waals surface area contributed by atoms with Crippen LogP contribution in [0.3, 0.4) is 0 Å². The summed E-state index contributed by atoms with van der Waals surface area (Å²) in [6, 6.07) is 8.14. The van der Waals surface area contributed by atoms with Gasteiger partial charge in [0.15, 0.2) is 0 Å². The van der Waals surface area contributed by atoms with Gasteiger partial charge in [-0.15, -0.1) is 0 Å². The molecule has 3 heteroatoms. The fourth-order valence-electron chi connectivity index (χ4n) is 2.50. The lowest BCUT2D eigenvalue weighted by atomic mass is 9.97. The molecular formula is C16H22N2O. The first-order chi connectivity index (χ1) is 9.17. The van der Waals surface area contributed by atoms with Crippen molar-refractivity contribution in [3.63, 3.8) is 0 Å². The molecule has 0 aliphatic rings. The molecule has 1 heterocycles. The summed E-state index contributed by atoms with van der Waals surface area (Å²) in [6.07, 6.45) is 2.47. The van der Waals surface area contributed by atoms with E-state index < -0.39 is 0 Å². The normalized spacial score (nSPS) is 12.8. The second-order valence-corrected chi connectivity index (χ2v) is 5.11. The first kappa shape index (κ1) is 13.8. The Balaban J connectivity index is 2.28. The van der Waals surface area contributed by atoms with Gasteiger partial charge >= 0.3 is 0 Å². The molecule has 0 aliphatic heterocycles. The third-order valence-corrected chi connectivity index (χ3v) is 3.65. The maximum Gasteiger partial charge on any atom is 0.141 e. The Morgan fingerprint density at radius 2 is 2.05 bits per heavy atom. The Kier molecular flexibility index (Phi) is 4.35. The summed E-state index contributed by atoms with van der Waals surface area (Å²) >= 11 is 0. The van der Waals surface area contributed by atoms with E-state index in [4.69, 9.17) is 0 Å². The van der Waals surface area contributed by atoms with Gasteiger partial charge in [0.1, 0.15) is 5.78 Å². The van der Waals surface area contributed by atoms with Crippen LogP contribution >= 0.6 is 0 Å². The van der Waals surface area contributed by atoms with Gasteiger partial charge in [-0.05, 0) is 19.4 Å². The number of Topliss-reactive ketones (excluding diaryl/α,β-unsaturated/α-hetero) is 1. The van der Waals surface area contributed by atoms with Crippen molar-refractivity contribution in [3.8, 4) is 0 Å². The van der Waals surface area contributed by atoms with E-state index in [1.165, 1.54) is 0 Å². The molecule has 3 nitrogen and oxygen atoms in total. The number of para-hydroxylation sites is 1. The molecule has 0 saturated carbocycles. The van der Waals surface area contributed by atoms with Crippen LogP contribution in [0.4, 0.5) is 0 Å². The summed E-state index contributed by atoms with van der Waals surface area (Å²) in [5, 5.41) is 5.70. The highest BCUT2D eigenvalue weighted by molar-refractivity contribution is 5.89. The smallest absolute Gasteiger partial charge is 0.141 e. The summed E-state index contributed by atoms with van der Waals surface area (Å²) in [6.45, 7) is 7.04. The first-order valence-electron chi connectivity index (χ1n) is 7.14. The van der Waals surface area contributed by atoms with Crippen molar-refractivity contribution >= 4 is 16.7 Å². The zero-order valence-corrected chi connectivity index (χ0v) is 12.0. The van der Waals surface area contributed by atoms with Crippen molar-refractivity contribution in [1.29, 1.82) is 0 Å². The lowest BCUT2D eigenvalue weighted by Crippen LogP contribution is -2.14. The van der Waals surface area contributed by atoms with E-state index in [-0.39, 0.29) is 5.92 Å². The largest absolute Gasteiger partial charge is 0.299 e. The molecule has 0 radical (unpaired) electrons. The molecule has 0 saturated heterocycles. The number of aromatic nitrogens is 2. The second kappa shape index (κ2) is 6.00. The van der Waals surface area contributed by atoms with Crippen molar-refractivity contribution in [2.24, 2.45) is 5.92 Å². The van der Waals surface area contributed by atoms with Gasteiger partial charge in [0.2, 0.25) is 0 Å². The monoisotopic (exact) mass is 258 g/mol. The summed E-state index contributed by atoms with van der Waals surface area (Å²) < 4.78 is 1.97. The number of rotatable bonds is 6. The maximum atomic E-state index is 12.2. The van der Waals surface area contributed by atoms with Crippen LogP contribution in [0.25, 0.3) is 10.9 Å². The molecule has 1 aromatic carbocycles. The molecule has 0 fully saturated rings. The molecule has 1 aromatic heterocycles. The highest BCUT2D eigenvalue weighted by atomic mass is 16.1. The fourth-order valence-corrected chi connectivity index (χ4v) is 2.50. The molecule has 2 rings (SSSR count). The van der Waals surface area contributed by atoms with E-state index in [0.29, 0.717) is 12.2 Å². The first-order valence-corrected chi connectivity index (χ1v) is 7.14. The van der Waals surface area contributed by atoms with Crippen molar-refractivity contribution in [2.45, 2.75) is 46.6 Å². The van der Waals surface area contributed by atoms with Gasteiger partial charge in [-0.1, -0.05) is 38.5 Å². The minimum Gasteiger partial charge on any atom is -0.299 e. The lowest BCUT2D eigenvalue weighted by molar-refractivity contribution is -0.121. The molecule has 0 aliphatic carbocycles. The van der Waals surface area contributed by atoms with E-state index >= 15 is 0 Å². The second-order valence-electron chi connectivity index (χ2n) is 5.11. The number of fused-ring (bicyclic) bond motifs is 1. The molecule has 1 unspecified atom stereocenters.